The summed E-state index contributed by atoms with van der Waals surface area (Å²) in [6.45, 7) is 2.42. The second-order valence-electron chi connectivity index (χ2n) is 4.00. The fraction of sp³-hybridized carbons (Fsp3) is 1.00. The molecule has 1 rings (SSSR count). The van der Waals surface area contributed by atoms with Gasteiger partial charge < -0.3 is 15.6 Å². The first-order valence-corrected chi connectivity index (χ1v) is 5.25. The lowest BCUT2D eigenvalue weighted by Crippen LogP contribution is -2.39. The zero-order valence-electron chi connectivity index (χ0n) is 8.41. The average Bonchev–Trinajstić information content (AvgIpc) is 2.08. The third-order valence-electron chi connectivity index (χ3n) is 2.62. The number of rotatable bonds is 4. The lowest BCUT2D eigenvalue weighted by atomic mass is 9.93. The van der Waals surface area contributed by atoms with Crippen LogP contribution in [0.3, 0.4) is 0 Å². The molecule has 0 aromatic carbocycles. The van der Waals surface area contributed by atoms with Crippen LogP contribution in [0.1, 0.15) is 39.0 Å². The molecule has 3 unspecified atom stereocenters. The number of hydrogen-bond acceptors (Lipinski definition) is 3. The molecular formula is C10H21NO2. The van der Waals surface area contributed by atoms with Gasteiger partial charge in [-0.1, -0.05) is 12.8 Å². The predicted octanol–water partition coefficient (Wildman–Crippen LogP) is 1.04. The highest BCUT2D eigenvalue weighted by Crippen LogP contribution is 2.19. The minimum atomic E-state index is -0.264. The Kier molecular flexibility index (Phi) is 4.70. The summed E-state index contributed by atoms with van der Waals surface area (Å²) >= 11 is 0. The summed E-state index contributed by atoms with van der Waals surface area (Å²) in [6.07, 6.45) is 5.31. The zero-order valence-corrected chi connectivity index (χ0v) is 8.41. The highest BCUT2D eigenvalue weighted by molar-refractivity contribution is 4.78. The van der Waals surface area contributed by atoms with Gasteiger partial charge in [0.2, 0.25) is 0 Å². The monoisotopic (exact) mass is 187 g/mol. The first-order valence-electron chi connectivity index (χ1n) is 5.25. The van der Waals surface area contributed by atoms with Crippen molar-refractivity contribution in [3.05, 3.63) is 0 Å². The van der Waals surface area contributed by atoms with Gasteiger partial charge in [0, 0.05) is 12.6 Å². The summed E-state index contributed by atoms with van der Waals surface area (Å²) in [7, 11) is 0. The number of aliphatic hydroxyl groups is 1. The predicted molar refractivity (Wildman–Crippen MR) is 52.5 cm³/mol. The highest BCUT2D eigenvalue weighted by Gasteiger charge is 2.21. The Balaban J connectivity index is 2.11. The van der Waals surface area contributed by atoms with Crippen LogP contribution >= 0.6 is 0 Å². The van der Waals surface area contributed by atoms with E-state index < -0.39 is 0 Å². The maximum absolute atomic E-state index is 9.04. The molecule has 3 heteroatoms. The van der Waals surface area contributed by atoms with Crippen molar-refractivity contribution in [3.63, 3.8) is 0 Å². The van der Waals surface area contributed by atoms with Crippen LogP contribution in [0.2, 0.25) is 0 Å². The second-order valence-corrected chi connectivity index (χ2v) is 4.00. The van der Waals surface area contributed by atoms with Gasteiger partial charge in [-0.3, -0.25) is 0 Å². The Bertz CT molecular complexity index is 139. The number of aliphatic hydroxyl groups excluding tert-OH is 1. The summed E-state index contributed by atoms with van der Waals surface area (Å²) < 4.78 is 5.62. The third-order valence-corrected chi connectivity index (χ3v) is 2.62. The molecule has 0 heterocycles. The van der Waals surface area contributed by atoms with Gasteiger partial charge in [-0.05, 0) is 26.2 Å². The van der Waals surface area contributed by atoms with E-state index in [4.69, 9.17) is 15.6 Å². The van der Waals surface area contributed by atoms with Crippen molar-refractivity contribution in [3.8, 4) is 0 Å². The zero-order chi connectivity index (χ0) is 9.68. The van der Waals surface area contributed by atoms with Crippen molar-refractivity contribution in [2.45, 2.75) is 57.3 Å². The largest absolute Gasteiger partial charge is 0.393 e. The Labute approximate surface area is 80.3 Å². The maximum Gasteiger partial charge on any atom is 0.0725 e. The molecular weight excluding hydrogens is 166 g/mol. The lowest BCUT2D eigenvalue weighted by Gasteiger charge is -2.28. The van der Waals surface area contributed by atoms with Crippen molar-refractivity contribution < 1.29 is 9.84 Å². The van der Waals surface area contributed by atoms with E-state index in [-0.39, 0.29) is 18.2 Å². The third kappa shape index (κ3) is 4.07. The Hall–Kier alpha value is -0.120. The van der Waals surface area contributed by atoms with E-state index in [0.29, 0.717) is 13.0 Å². The molecule has 0 radical (unpaired) electrons. The van der Waals surface area contributed by atoms with E-state index in [1.807, 2.05) is 0 Å². The van der Waals surface area contributed by atoms with Gasteiger partial charge in [0.05, 0.1) is 12.2 Å². The number of ether oxygens (including phenoxy) is 1. The fourth-order valence-electron chi connectivity index (χ4n) is 1.72. The molecule has 0 bridgehead atoms. The van der Waals surface area contributed by atoms with Crippen molar-refractivity contribution in [2.75, 3.05) is 6.61 Å². The quantitative estimate of drug-likeness (QED) is 0.691. The van der Waals surface area contributed by atoms with Crippen LogP contribution in [-0.2, 0) is 4.74 Å². The standard InChI is InChI=1S/C10H21NO2/c1-8(12)6-7-13-10-5-3-2-4-9(10)11/h8-10,12H,2-7,11H2,1H3. The van der Waals surface area contributed by atoms with E-state index in [9.17, 15) is 0 Å². The molecule has 3 atom stereocenters. The van der Waals surface area contributed by atoms with Gasteiger partial charge in [0.25, 0.3) is 0 Å². The topological polar surface area (TPSA) is 55.5 Å². The molecule has 0 saturated heterocycles. The molecule has 0 aromatic heterocycles. The first-order chi connectivity index (χ1) is 6.20. The van der Waals surface area contributed by atoms with Crippen LogP contribution in [0.5, 0.6) is 0 Å². The van der Waals surface area contributed by atoms with Gasteiger partial charge >= 0.3 is 0 Å². The van der Waals surface area contributed by atoms with Crippen LogP contribution in [0, 0.1) is 0 Å². The van der Waals surface area contributed by atoms with E-state index >= 15 is 0 Å². The normalized spacial score (nSPS) is 31.6. The molecule has 1 aliphatic rings. The molecule has 13 heavy (non-hydrogen) atoms. The van der Waals surface area contributed by atoms with Crippen LogP contribution < -0.4 is 5.73 Å². The van der Waals surface area contributed by atoms with Gasteiger partial charge in [-0.25, -0.2) is 0 Å². The molecule has 78 valence electrons. The van der Waals surface area contributed by atoms with E-state index in [1.165, 1.54) is 12.8 Å². The average molecular weight is 187 g/mol. The molecule has 1 saturated carbocycles. The second kappa shape index (κ2) is 5.58. The maximum atomic E-state index is 9.04. The summed E-state index contributed by atoms with van der Waals surface area (Å²) in [4.78, 5) is 0. The van der Waals surface area contributed by atoms with E-state index in [1.54, 1.807) is 6.92 Å². The lowest BCUT2D eigenvalue weighted by molar-refractivity contribution is 0.000720. The summed E-state index contributed by atoms with van der Waals surface area (Å²) in [5.41, 5.74) is 5.91. The van der Waals surface area contributed by atoms with Crippen LogP contribution in [0.15, 0.2) is 0 Å². The van der Waals surface area contributed by atoms with Crippen LogP contribution in [-0.4, -0.2) is 30.0 Å². The minimum absolute atomic E-state index is 0.211. The smallest absolute Gasteiger partial charge is 0.0725 e. The van der Waals surface area contributed by atoms with Crippen LogP contribution in [0.25, 0.3) is 0 Å². The molecule has 0 spiro atoms. The van der Waals surface area contributed by atoms with Crippen molar-refractivity contribution >= 4 is 0 Å². The SMILES string of the molecule is CC(O)CCOC1CCCCC1N. The molecule has 0 amide bonds. The highest BCUT2D eigenvalue weighted by atomic mass is 16.5. The Morgan fingerprint density at radius 3 is 2.77 bits per heavy atom. The van der Waals surface area contributed by atoms with Gasteiger partial charge in [-0.2, -0.15) is 0 Å². The molecule has 0 aromatic rings. The van der Waals surface area contributed by atoms with Gasteiger partial charge in [-0.15, -0.1) is 0 Å². The van der Waals surface area contributed by atoms with Crippen molar-refractivity contribution in [1.29, 1.82) is 0 Å². The summed E-state index contributed by atoms with van der Waals surface area (Å²) in [6, 6.07) is 0.211. The first kappa shape index (κ1) is 11.0. The van der Waals surface area contributed by atoms with Crippen molar-refractivity contribution in [1.82, 2.24) is 0 Å². The summed E-state index contributed by atoms with van der Waals surface area (Å²) in [5, 5.41) is 9.04. The fourth-order valence-corrected chi connectivity index (χ4v) is 1.72. The molecule has 3 N–H and O–H groups in total. The molecule has 1 fully saturated rings. The Morgan fingerprint density at radius 2 is 2.15 bits per heavy atom. The minimum Gasteiger partial charge on any atom is -0.393 e. The van der Waals surface area contributed by atoms with Gasteiger partial charge in [0.15, 0.2) is 0 Å². The Morgan fingerprint density at radius 1 is 1.46 bits per heavy atom. The van der Waals surface area contributed by atoms with E-state index in [0.717, 1.165) is 12.8 Å². The van der Waals surface area contributed by atoms with Gasteiger partial charge in [0.1, 0.15) is 0 Å². The van der Waals surface area contributed by atoms with Crippen molar-refractivity contribution in [2.24, 2.45) is 5.73 Å². The number of hydrogen-bond donors (Lipinski definition) is 2. The van der Waals surface area contributed by atoms with Crippen LogP contribution in [0.4, 0.5) is 0 Å². The van der Waals surface area contributed by atoms with E-state index in [2.05, 4.69) is 0 Å². The molecule has 3 nitrogen and oxygen atoms in total. The molecule has 0 aliphatic heterocycles. The molecule has 1 aliphatic carbocycles. The number of nitrogens with two attached hydrogens (primary N) is 1. The summed E-state index contributed by atoms with van der Waals surface area (Å²) in [5.74, 6) is 0.